The van der Waals surface area contributed by atoms with E-state index in [0.717, 1.165) is 10.4 Å². The quantitative estimate of drug-likeness (QED) is 0.194. The summed E-state index contributed by atoms with van der Waals surface area (Å²) in [6.45, 7) is 4.51. The predicted molar refractivity (Wildman–Crippen MR) is 165 cm³/mol. The number of rotatable bonds is 13. The van der Waals surface area contributed by atoms with Gasteiger partial charge < -0.3 is 15.0 Å². The van der Waals surface area contributed by atoms with Gasteiger partial charge in [0.15, 0.2) is 0 Å². The monoisotopic (exact) mass is 650 g/mol. The molecular formula is C29H32Cl2N4O7S. The van der Waals surface area contributed by atoms with Gasteiger partial charge in [0.2, 0.25) is 11.8 Å². The van der Waals surface area contributed by atoms with E-state index in [1.54, 1.807) is 32.0 Å². The highest BCUT2D eigenvalue weighted by atomic mass is 35.5. The molecule has 11 nitrogen and oxygen atoms in total. The Bertz CT molecular complexity index is 1600. The molecule has 0 spiro atoms. The number of nitrogens with one attached hydrogen (secondary N) is 1. The minimum atomic E-state index is -4.52. The topological polar surface area (TPSA) is 139 Å². The van der Waals surface area contributed by atoms with Crippen molar-refractivity contribution in [3.8, 4) is 5.75 Å². The molecule has 0 radical (unpaired) electrons. The van der Waals surface area contributed by atoms with Crippen LogP contribution < -0.4 is 14.4 Å². The van der Waals surface area contributed by atoms with E-state index in [9.17, 15) is 28.1 Å². The van der Waals surface area contributed by atoms with Gasteiger partial charge in [-0.25, -0.2) is 8.42 Å². The number of aryl methyl sites for hydroxylation is 1. The number of benzene rings is 3. The third-order valence-corrected chi connectivity index (χ3v) is 9.19. The molecule has 0 aliphatic carbocycles. The first-order valence-corrected chi connectivity index (χ1v) is 15.5. The summed E-state index contributed by atoms with van der Waals surface area (Å²) in [6, 6.07) is 13.3. The number of nitro benzene ring substituents is 1. The van der Waals surface area contributed by atoms with Gasteiger partial charge in [-0.1, -0.05) is 42.3 Å². The van der Waals surface area contributed by atoms with E-state index in [1.807, 2.05) is 0 Å². The van der Waals surface area contributed by atoms with E-state index >= 15 is 0 Å². The van der Waals surface area contributed by atoms with Gasteiger partial charge >= 0.3 is 0 Å². The Kier molecular flexibility index (Phi) is 11.4. The molecule has 14 heteroatoms. The summed E-state index contributed by atoms with van der Waals surface area (Å²) in [5.41, 5.74) is 0.568. The number of anilines is 1. The van der Waals surface area contributed by atoms with Gasteiger partial charge in [0.05, 0.1) is 32.7 Å². The van der Waals surface area contributed by atoms with Crippen LogP contribution in [0.3, 0.4) is 0 Å². The molecule has 3 rings (SSSR count). The summed E-state index contributed by atoms with van der Waals surface area (Å²) >= 11 is 12.3. The number of methoxy groups -OCH3 is 1. The van der Waals surface area contributed by atoms with Crippen molar-refractivity contribution in [2.45, 2.75) is 44.7 Å². The fraction of sp³-hybridized carbons (Fsp3) is 0.310. The number of nitro groups is 1. The number of halogens is 2. The molecule has 0 fully saturated rings. The standard InChI is InChI=1S/C29H32Cl2N4O7S/c1-5-26(29(37)32-6-2)33(17-20-8-14-24(30)25(31)15-20)28(36)18-34(21-9-11-22(42-4)12-10-21)43(40,41)23-13-7-19(3)27(16-23)35(38)39/h7-16,26H,5-6,17-18H2,1-4H3,(H,32,37). The molecule has 230 valence electrons. The Labute approximate surface area is 260 Å². The van der Waals surface area contributed by atoms with E-state index in [1.165, 1.54) is 55.3 Å². The minimum absolute atomic E-state index is 0.0716. The van der Waals surface area contributed by atoms with Crippen LogP contribution in [0.25, 0.3) is 0 Å². The van der Waals surface area contributed by atoms with Gasteiger partial charge in [0.1, 0.15) is 18.3 Å². The first-order valence-electron chi connectivity index (χ1n) is 13.3. The average molecular weight is 652 g/mol. The number of hydrogen-bond donors (Lipinski definition) is 1. The van der Waals surface area contributed by atoms with E-state index in [4.69, 9.17) is 27.9 Å². The molecule has 0 bridgehead atoms. The van der Waals surface area contributed by atoms with Crippen LogP contribution in [0, 0.1) is 17.0 Å². The zero-order valence-corrected chi connectivity index (χ0v) is 26.4. The maximum Gasteiger partial charge on any atom is 0.273 e. The Morgan fingerprint density at radius 3 is 2.26 bits per heavy atom. The van der Waals surface area contributed by atoms with Crippen LogP contribution in [0.5, 0.6) is 5.75 Å². The first-order chi connectivity index (χ1) is 20.3. The molecule has 0 aromatic heterocycles. The molecule has 0 heterocycles. The van der Waals surface area contributed by atoms with Crippen LogP contribution in [-0.2, 0) is 26.2 Å². The summed E-state index contributed by atoms with van der Waals surface area (Å²) in [5, 5.41) is 14.9. The summed E-state index contributed by atoms with van der Waals surface area (Å²) in [7, 11) is -3.07. The lowest BCUT2D eigenvalue weighted by atomic mass is 10.1. The Hall–Kier alpha value is -3.87. The van der Waals surface area contributed by atoms with Gasteiger partial charge in [-0.05, 0) is 68.3 Å². The van der Waals surface area contributed by atoms with E-state index in [-0.39, 0.29) is 39.8 Å². The fourth-order valence-corrected chi connectivity index (χ4v) is 6.15. The number of ether oxygens (including phenoxy) is 1. The summed E-state index contributed by atoms with van der Waals surface area (Å²) in [4.78, 5) is 38.9. The third kappa shape index (κ3) is 7.95. The number of likely N-dealkylation sites (N-methyl/N-ethyl adjacent to an activating group) is 1. The molecule has 43 heavy (non-hydrogen) atoms. The van der Waals surface area contributed by atoms with Gasteiger partial charge in [-0.3, -0.25) is 24.0 Å². The second-order valence-electron chi connectivity index (χ2n) is 9.50. The smallest absolute Gasteiger partial charge is 0.273 e. The highest BCUT2D eigenvalue weighted by Crippen LogP contribution is 2.30. The lowest BCUT2D eigenvalue weighted by Gasteiger charge is -2.33. The van der Waals surface area contributed by atoms with Crippen LogP contribution in [-0.4, -0.2) is 56.3 Å². The summed E-state index contributed by atoms with van der Waals surface area (Å²) < 4.78 is 34.1. The molecule has 1 atom stereocenters. The highest BCUT2D eigenvalue weighted by molar-refractivity contribution is 7.92. The van der Waals surface area contributed by atoms with Crippen molar-refractivity contribution in [2.24, 2.45) is 0 Å². The fourth-order valence-electron chi connectivity index (χ4n) is 4.40. The van der Waals surface area contributed by atoms with Crippen molar-refractivity contribution in [1.82, 2.24) is 10.2 Å². The largest absolute Gasteiger partial charge is 0.497 e. The van der Waals surface area contributed by atoms with Gasteiger partial charge in [-0.2, -0.15) is 0 Å². The van der Waals surface area contributed by atoms with Crippen LogP contribution in [0.15, 0.2) is 65.6 Å². The molecule has 3 aromatic rings. The van der Waals surface area contributed by atoms with Crippen molar-refractivity contribution >= 4 is 56.4 Å². The lowest BCUT2D eigenvalue weighted by Crippen LogP contribution is -2.52. The van der Waals surface area contributed by atoms with Crippen LogP contribution >= 0.6 is 23.2 Å². The highest BCUT2D eigenvalue weighted by Gasteiger charge is 2.34. The van der Waals surface area contributed by atoms with Crippen LogP contribution in [0.4, 0.5) is 11.4 Å². The van der Waals surface area contributed by atoms with Crippen molar-refractivity contribution < 1.29 is 27.7 Å². The lowest BCUT2D eigenvalue weighted by molar-refractivity contribution is -0.385. The molecule has 0 aliphatic heterocycles. The van der Waals surface area contributed by atoms with Gasteiger partial charge in [0, 0.05) is 24.7 Å². The van der Waals surface area contributed by atoms with Crippen molar-refractivity contribution in [3.05, 3.63) is 92.0 Å². The Balaban J connectivity index is 2.13. The molecule has 2 amide bonds. The molecule has 1 N–H and O–H groups in total. The van der Waals surface area contributed by atoms with Crippen molar-refractivity contribution in [2.75, 3.05) is 24.5 Å². The number of carbonyl (C=O) groups excluding carboxylic acids is 2. The SMILES string of the molecule is CCNC(=O)C(CC)N(Cc1ccc(Cl)c(Cl)c1)C(=O)CN(c1ccc(OC)cc1)S(=O)(=O)c1ccc(C)c([N+](=O)[O-])c1. The Morgan fingerprint density at radius 1 is 1.02 bits per heavy atom. The van der Waals surface area contributed by atoms with E-state index in [0.29, 0.717) is 22.9 Å². The van der Waals surface area contributed by atoms with Crippen LogP contribution in [0.2, 0.25) is 10.0 Å². The minimum Gasteiger partial charge on any atom is -0.497 e. The summed E-state index contributed by atoms with van der Waals surface area (Å²) in [6.07, 6.45) is 0.234. The second kappa shape index (κ2) is 14.5. The predicted octanol–water partition coefficient (Wildman–Crippen LogP) is 5.36. The second-order valence-corrected chi connectivity index (χ2v) is 12.2. The number of carbonyl (C=O) groups is 2. The van der Waals surface area contributed by atoms with Gasteiger partial charge in [0.25, 0.3) is 15.7 Å². The molecule has 0 aliphatic rings. The van der Waals surface area contributed by atoms with Crippen molar-refractivity contribution in [1.29, 1.82) is 0 Å². The molecule has 0 saturated carbocycles. The number of hydrogen-bond acceptors (Lipinski definition) is 7. The number of nitrogens with zero attached hydrogens (tertiary/aromatic N) is 3. The Morgan fingerprint density at radius 2 is 1.70 bits per heavy atom. The number of sulfonamides is 1. The molecular weight excluding hydrogens is 619 g/mol. The molecule has 1 unspecified atom stereocenters. The molecule has 3 aromatic carbocycles. The molecule has 0 saturated heterocycles. The van der Waals surface area contributed by atoms with Crippen LogP contribution in [0.1, 0.15) is 31.4 Å². The van der Waals surface area contributed by atoms with E-state index in [2.05, 4.69) is 5.32 Å². The number of amides is 2. The first kappa shape index (κ1) is 33.6. The average Bonchev–Trinajstić information content (AvgIpc) is 2.97. The third-order valence-electron chi connectivity index (χ3n) is 6.68. The summed E-state index contributed by atoms with van der Waals surface area (Å²) in [5.74, 6) is -0.654. The maximum absolute atomic E-state index is 14.1. The van der Waals surface area contributed by atoms with Gasteiger partial charge in [-0.15, -0.1) is 0 Å². The zero-order valence-electron chi connectivity index (χ0n) is 24.0. The maximum atomic E-state index is 14.1. The van der Waals surface area contributed by atoms with E-state index < -0.39 is 39.3 Å². The zero-order chi connectivity index (χ0) is 31.9. The van der Waals surface area contributed by atoms with Crippen molar-refractivity contribution in [3.63, 3.8) is 0 Å². The normalized spacial score (nSPS) is 11.9.